The topological polar surface area (TPSA) is 79.3 Å². The van der Waals surface area contributed by atoms with Crippen molar-refractivity contribution in [3.8, 4) is 5.69 Å². The lowest BCUT2D eigenvalue weighted by atomic mass is 10.1. The highest BCUT2D eigenvalue weighted by atomic mass is 32.2. The summed E-state index contributed by atoms with van der Waals surface area (Å²) in [6, 6.07) is 14.3. The summed E-state index contributed by atoms with van der Waals surface area (Å²) >= 11 is 0.922. The molecule has 29 heavy (non-hydrogen) atoms. The van der Waals surface area contributed by atoms with E-state index < -0.39 is 0 Å². The number of imidazole rings is 1. The van der Waals surface area contributed by atoms with Crippen LogP contribution in [0.2, 0.25) is 0 Å². The first-order chi connectivity index (χ1) is 14.2. The van der Waals surface area contributed by atoms with Crippen molar-refractivity contribution in [3.05, 3.63) is 59.3 Å². The lowest BCUT2D eigenvalue weighted by Gasteiger charge is -2.29. The number of aromatic nitrogens is 2. The van der Waals surface area contributed by atoms with Crippen LogP contribution in [0.15, 0.2) is 53.7 Å². The molecular formula is C21H19N5O2S. The van der Waals surface area contributed by atoms with E-state index in [9.17, 15) is 9.59 Å². The van der Waals surface area contributed by atoms with Gasteiger partial charge in [0.25, 0.3) is 11.1 Å². The number of piperazine rings is 1. The van der Waals surface area contributed by atoms with Crippen LogP contribution in [-0.4, -0.2) is 46.9 Å². The molecule has 2 aromatic carbocycles. The second kappa shape index (κ2) is 7.38. The highest BCUT2D eigenvalue weighted by molar-refractivity contribution is 8.18. The van der Waals surface area contributed by atoms with Gasteiger partial charge in [-0.1, -0.05) is 6.07 Å². The van der Waals surface area contributed by atoms with Gasteiger partial charge in [-0.05, 0) is 59.8 Å². The molecule has 1 aromatic heterocycles. The Labute approximate surface area is 171 Å². The Morgan fingerprint density at radius 1 is 1.00 bits per heavy atom. The van der Waals surface area contributed by atoms with Crippen molar-refractivity contribution in [1.29, 1.82) is 0 Å². The third-order valence-electron chi connectivity index (χ3n) is 5.12. The van der Waals surface area contributed by atoms with Crippen molar-refractivity contribution in [2.24, 2.45) is 0 Å². The SMILES string of the molecule is O=C1NC(=O)/C(=C/c2ccc3ncn(-c4ccc(N5CCNCC5)cc4)c3c2)S1. The van der Waals surface area contributed by atoms with E-state index in [0.717, 1.165) is 60.2 Å². The fraction of sp³-hybridized carbons (Fsp3) is 0.190. The minimum absolute atomic E-state index is 0.336. The Morgan fingerprint density at radius 2 is 1.76 bits per heavy atom. The van der Waals surface area contributed by atoms with Crippen molar-refractivity contribution in [1.82, 2.24) is 20.2 Å². The molecule has 146 valence electrons. The Balaban J connectivity index is 1.46. The van der Waals surface area contributed by atoms with Gasteiger partial charge in [0.05, 0.1) is 15.9 Å². The summed E-state index contributed by atoms with van der Waals surface area (Å²) in [5.41, 5.74) is 4.92. The summed E-state index contributed by atoms with van der Waals surface area (Å²) in [6.07, 6.45) is 3.54. The predicted molar refractivity (Wildman–Crippen MR) is 115 cm³/mol. The smallest absolute Gasteiger partial charge is 0.290 e. The number of benzene rings is 2. The van der Waals surface area contributed by atoms with Crippen LogP contribution in [0.25, 0.3) is 22.8 Å². The average molecular weight is 405 g/mol. The third-order valence-corrected chi connectivity index (χ3v) is 5.93. The lowest BCUT2D eigenvalue weighted by Crippen LogP contribution is -2.43. The number of fused-ring (bicyclic) bond motifs is 1. The molecule has 3 aromatic rings. The van der Waals surface area contributed by atoms with E-state index in [0.29, 0.717) is 4.91 Å². The molecule has 0 unspecified atom stereocenters. The molecule has 0 aliphatic carbocycles. The second-order valence-corrected chi connectivity index (χ2v) is 7.98. The molecule has 2 aliphatic heterocycles. The van der Waals surface area contributed by atoms with E-state index in [1.165, 1.54) is 5.69 Å². The highest BCUT2D eigenvalue weighted by Gasteiger charge is 2.25. The van der Waals surface area contributed by atoms with Gasteiger partial charge in [0.2, 0.25) is 0 Å². The van der Waals surface area contributed by atoms with Gasteiger partial charge in [0.1, 0.15) is 6.33 Å². The number of hydrogen-bond donors (Lipinski definition) is 2. The summed E-state index contributed by atoms with van der Waals surface area (Å²) in [4.78, 5) is 30.5. The number of amides is 2. The maximum atomic E-state index is 11.8. The van der Waals surface area contributed by atoms with Gasteiger partial charge < -0.3 is 10.2 Å². The average Bonchev–Trinajstić information content (AvgIpc) is 3.31. The first kappa shape index (κ1) is 18.0. The van der Waals surface area contributed by atoms with E-state index in [1.807, 2.05) is 29.1 Å². The van der Waals surface area contributed by atoms with Crippen LogP contribution in [0.3, 0.4) is 0 Å². The quantitative estimate of drug-likeness (QED) is 0.653. The molecule has 2 fully saturated rings. The van der Waals surface area contributed by atoms with Gasteiger partial charge in [-0.25, -0.2) is 4.98 Å². The highest BCUT2D eigenvalue weighted by Crippen LogP contribution is 2.27. The molecule has 7 nitrogen and oxygen atoms in total. The first-order valence-corrected chi connectivity index (χ1v) is 10.3. The lowest BCUT2D eigenvalue weighted by molar-refractivity contribution is -0.115. The fourth-order valence-electron chi connectivity index (χ4n) is 3.64. The van der Waals surface area contributed by atoms with Gasteiger partial charge in [-0.3, -0.25) is 19.5 Å². The van der Waals surface area contributed by atoms with Gasteiger partial charge in [-0.2, -0.15) is 0 Å². The number of hydrogen-bond acceptors (Lipinski definition) is 6. The predicted octanol–water partition coefficient (Wildman–Crippen LogP) is 2.76. The number of rotatable bonds is 3. The zero-order valence-corrected chi connectivity index (χ0v) is 16.4. The van der Waals surface area contributed by atoms with Crippen LogP contribution >= 0.6 is 11.8 Å². The van der Waals surface area contributed by atoms with Crippen molar-refractivity contribution in [2.75, 3.05) is 31.1 Å². The van der Waals surface area contributed by atoms with Crippen LogP contribution < -0.4 is 15.5 Å². The minimum atomic E-state index is -0.350. The monoisotopic (exact) mass is 405 g/mol. The number of imide groups is 1. The molecule has 2 aliphatic rings. The summed E-state index contributed by atoms with van der Waals surface area (Å²) < 4.78 is 2.03. The van der Waals surface area contributed by atoms with E-state index in [-0.39, 0.29) is 11.1 Å². The molecule has 2 amide bonds. The number of carbonyl (C=O) groups is 2. The summed E-state index contributed by atoms with van der Waals surface area (Å²) in [6.45, 7) is 4.04. The largest absolute Gasteiger partial charge is 0.369 e. The second-order valence-electron chi connectivity index (χ2n) is 6.97. The first-order valence-electron chi connectivity index (χ1n) is 9.45. The molecule has 3 heterocycles. The molecule has 2 N–H and O–H groups in total. The number of carbonyl (C=O) groups excluding carboxylic acids is 2. The zero-order chi connectivity index (χ0) is 19.8. The Kier molecular flexibility index (Phi) is 4.57. The summed E-state index contributed by atoms with van der Waals surface area (Å²) in [7, 11) is 0. The van der Waals surface area contributed by atoms with Gasteiger partial charge in [0.15, 0.2) is 0 Å². The normalized spacial score (nSPS) is 18.6. The Hall–Kier alpha value is -3.10. The molecule has 0 bridgehead atoms. The van der Waals surface area contributed by atoms with Crippen molar-refractivity contribution in [2.45, 2.75) is 0 Å². The summed E-state index contributed by atoms with van der Waals surface area (Å²) in [5.74, 6) is -0.350. The van der Waals surface area contributed by atoms with Crippen molar-refractivity contribution >= 4 is 45.7 Å². The molecule has 8 heteroatoms. The van der Waals surface area contributed by atoms with Crippen LogP contribution in [0, 0.1) is 0 Å². The van der Waals surface area contributed by atoms with Crippen molar-refractivity contribution in [3.63, 3.8) is 0 Å². The third kappa shape index (κ3) is 3.52. The Bertz CT molecular complexity index is 1130. The zero-order valence-electron chi connectivity index (χ0n) is 15.6. The summed E-state index contributed by atoms with van der Waals surface area (Å²) in [5, 5.41) is 5.31. The van der Waals surface area contributed by atoms with E-state index >= 15 is 0 Å². The van der Waals surface area contributed by atoms with Crippen LogP contribution in [0.1, 0.15) is 5.56 Å². The standard InChI is InChI=1S/C21H19N5O2S/c27-20-19(29-21(28)24-20)12-14-1-6-17-18(11-14)26(13-23-17)16-4-2-15(3-5-16)25-9-7-22-8-10-25/h1-6,11-13,22H,7-10H2,(H,24,27,28)/b19-12-. The van der Waals surface area contributed by atoms with Crippen molar-refractivity contribution < 1.29 is 9.59 Å². The molecule has 0 atom stereocenters. The van der Waals surface area contributed by atoms with Crippen LogP contribution in [0.4, 0.5) is 10.5 Å². The maximum Gasteiger partial charge on any atom is 0.290 e. The molecule has 0 radical (unpaired) electrons. The fourth-order valence-corrected chi connectivity index (χ4v) is 4.32. The molecule has 5 rings (SSSR count). The van der Waals surface area contributed by atoms with E-state index in [2.05, 4.69) is 44.8 Å². The molecule has 0 spiro atoms. The van der Waals surface area contributed by atoms with Gasteiger partial charge in [-0.15, -0.1) is 0 Å². The van der Waals surface area contributed by atoms with E-state index in [1.54, 1.807) is 6.08 Å². The van der Waals surface area contributed by atoms with Crippen LogP contribution in [0.5, 0.6) is 0 Å². The Morgan fingerprint density at radius 3 is 2.48 bits per heavy atom. The molecular weight excluding hydrogens is 386 g/mol. The van der Waals surface area contributed by atoms with Crippen LogP contribution in [-0.2, 0) is 4.79 Å². The van der Waals surface area contributed by atoms with Gasteiger partial charge >= 0.3 is 0 Å². The number of nitrogens with zero attached hydrogens (tertiary/aromatic N) is 3. The minimum Gasteiger partial charge on any atom is -0.369 e. The number of anilines is 1. The number of nitrogens with one attached hydrogen (secondary N) is 2. The molecule has 0 saturated carbocycles. The van der Waals surface area contributed by atoms with Gasteiger partial charge in [0, 0.05) is 37.6 Å². The number of thioether (sulfide) groups is 1. The molecule has 2 saturated heterocycles. The van der Waals surface area contributed by atoms with E-state index in [4.69, 9.17) is 0 Å². The maximum absolute atomic E-state index is 11.8.